The van der Waals surface area contributed by atoms with Gasteiger partial charge in [0, 0.05) is 6.54 Å². The fraction of sp³-hybridized carbons (Fsp3) is 0.250. The van der Waals surface area contributed by atoms with Crippen molar-refractivity contribution in [2.45, 2.75) is 6.61 Å². The van der Waals surface area contributed by atoms with Gasteiger partial charge in [-0.05, 0) is 29.8 Å². The number of methoxy groups -OCH3 is 1. The van der Waals surface area contributed by atoms with E-state index in [9.17, 15) is 4.39 Å². The largest absolute Gasteiger partial charge is 0.497 e. The predicted molar refractivity (Wildman–Crippen MR) is 77.5 cm³/mol. The van der Waals surface area contributed by atoms with Crippen LogP contribution in [0, 0.1) is 5.82 Å². The number of hydrogen-bond acceptors (Lipinski definition) is 3. The molecule has 0 aromatic heterocycles. The maximum Gasteiger partial charge on any atom is 0.146 e. The summed E-state index contributed by atoms with van der Waals surface area (Å²) in [6, 6.07) is 14.3. The lowest BCUT2D eigenvalue weighted by Crippen LogP contribution is -2.10. The van der Waals surface area contributed by atoms with E-state index in [0.29, 0.717) is 25.4 Å². The van der Waals surface area contributed by atoms with Gasteiger partial charge < -0.3 is 14.8 Å². The Bertz CT molecular complexity index is 546. The summed E-state index contributed by atoms with van der Waals surface area (Å²) in [5.41, 5.74) is 1.55. The van der Waals surface area contributed by atoms with Gasteiger partial charge in [0.05, 0.1) is 26.0 Å². The fourth-order valence-corrected chi connectivity index (χ4v) is 1.81. The molecule has 2 rings (SSSR count). The molecule has 20 heavy (non-hydrogen) atoms. The van der Waals surface area contributed by atoms with Crippen LogP contribution in [0.25, 0.3) is 0 Å². The molecule has 0 radical (unpaired) electrons. The van der Waals surface area contributed by atoms with E-state index in [0.717, 1.165) is 11.3 Å². The van der Waals surface area contributed by atoms with Crippen LogP contribution in [0.1, 0.15) is 5.56 Å². The van der Waals surface area contributed by atoms with Crippen molar-refractivity contribution in [2.75, 3.05) is 25.6 Å². The third kappa shape index (κ3) is 4.24. The number of nitrogens with one attached hydrogen (secondary N) is 1. The first-order chi connectivity index (χ1) is 9.79. The molecule has 0 amide bonds. The molecule has 3 nitrogen and oxygen atoms in total. The zero-order valence-electron chi connectivity index (χ0n) is 11.4. The Morgan fingerprint density at radius 1 is 1.10 bits per heavy atom. The molecule has 0 bridgehead atoms. The average molecular weight is 275 g/mol. The molecule has 0 fully saturated rings. The van der Waals surface area contributed by atoms with Crippen LogP contribution in [0.3, 0.4) is 0 Å². The molecule has 106 valence electrons. The number of halogens is 1. The normalized spacial score (nSPS) is 10.3. The molecule has 0 saturated heterocycles. The van der Waals surface area contributed by atoms with Crippen LogP contribution in [0.4, 0.5) is 10.1 Å². The lowest BCUT2D eigenvalue weighted by molar-refractivity contribution is 0.130. The Hall–Kier alpha value is -2.07. The van der Waals surface area contributed by atoms with Gasteiger partial charge in [0.25, 0.3) is 0 Å². The molecule has 0 aliphatic carbocycles. The first-order valence-corrected chi connectivity index (χ1v) is 6.48. The second-order valence-electron chi connectivity index (χ2n) is 4.31. The molecule has 4 heteroatoms. The molecule has 0 spiro atoms. The summed E-state index contributed by atoms with van der Waals surface area (Å²) < 4.78 is 24.0. The minimum atomic E-state index is -0.250. The number of anilines is 1. The number of benzene rings is 2. The standard InChI is InChI=1S/C16H18FNO2/c1-19-14-6-4-5-13(11-14)12-20-10-9-18-16-8-3-2-7-15(16)17/h2-8,11,18H,9-10,12H2,1H3. The lowest BCUT2D eigenvalue weighted by Gasteiger charge is -2.09. The number of hydrogen-bond donors (Lipinski definition) is 1. The van der Waals surface area contributed by atoms with Gasteiger partial charge in [0.1, 0.15) is 11.6 Å². The predicted octanol–water partition coefficient (Wildman–Crippen LogP) is 3.46. The van der Waals surface area contributed by atoms with Gasteiger partial charge in [-0.1, -0.05) is 24.3 Å². The van der Waals surface area contributed by atoms with Crippen molar-refractivity contribution in [2.24, 2.45) is 0 Å². The summed E-state index contributed by atoms with van der Waals surface area (Å²) in [5, 5.41) is 3.00. The molecule has 0 aliphatic heterocycles. The summed E-state index contributed by atoms with van der Waals surface area (Å²) in [4.78, 5) is 0. The topological polar surface area (TPSA) is 30.5 Å². The van der Waals surface area contributed by atoms with Crippen molar-refractivity contribution in [1.82, 2.24) is 0 Å². The lowest BCUT2D eigenvalue weighted by atomic mass is 10.2. The first kappa shape index (κ1) is 14.3. The van der Waals surface area contributed by atoms with E-state index in [1.807, 2.05) is 24.3 Å². The van der Waals surface area contributed by atoms with E-state index >= 15 is 0 Å². The maximum absolute atomic E-state index is 13.3. The van der Waals surface area contributed by atoms with Gasteiger partial charge in [0.15, 0.2) is 0 Å². The molecule has 1 N–H and O–H groups in total. The highest BCUT2D eigenvalue weighted by Gasteiger charge is 1.99. The van der Waals surface area contributed by atoms with Gasteiger partial charge >= 0.3 is 0 Å². The molecule has 0 heterocycles. The van der Waals surface area contributed by atoms with E-state index < -0.39 is 0 Å². The minimum absolute atomic E-state index is 0.250. The fourth-order valence-electron chi connectivity index (χ4n) is 1.81. The molecule has 2 aromatic carbocycles. The van der Waals surface area contributed by atoms with Gasteiger partial charge in [-0.15, -0.1) is 0 Å². The zero-order valence-corrected chi connectivity index (χ0v) is 11.4. The van der Waals surface area contributed by atoms with E-state index in [2.05, 4.69) is 5.32 Å². The van der Waals surface area contributed by atoms with E-state index in [-0.39, 0.29) is 5.82 Å². The van der Waals surface area contributed by atoms with E-state index in [1.54, 1.807) is 25.3 Å². The Labute approximate surface area is 118 Å². The molecule has 0 aliphatic rings. The molecule has 0 atom stereocenters. The van der Waals surface area contributed by atoms with E-state index in [1.165, 1.54) is 6.07 Å². The molecular formula is C16H18FNO2. The van der Waals surface area contributed by atoms with E-state index in [4.69, 9.17) is 9.47 Å². The van der Waals surface area contributed by atoms with Gasteiger partial charge in [-0.3, -0.25) is 0 Å². The van der Waals surface area contributed by atoms with Crippen molar-refractivity contribution in [1.29, 1.82) is 0 Å². The summed E-state index contributed by atoms with van der Waals surface area (Å²) in [7, 11) is 1.64. The molecule has 0 saturated carbocycles. The average Bonchev–Trinajstić information content (AvgIpc) is 2.49. The summed E-state index contributed by atoms with van der Waals surface area (Å²) in [6.45, 7) is 1.58. The van der Waals surface area contributed by atoms with Gasteiger partial charge in [0.2, 0.25) is 0 Å². The molecule has 0 unspecified atom stereocenters. The highest BCUT2D eigenvalue weighted by atomic mass is 19.1. The van der Waals surface area contributed by atoms with Gasteiger partial charge in [-0.2, -0.15) is 0 Å². The van der Waals surface area contributed by atoms with Crippen LogP contribution in [-0.2, 0) is 11.3 Å². The van der Waals surface area contributed by atoms with Crippen LogP contribution in [0.5, 0.6) is 5.75 Å². The van der Waals surface area contributed by atoms with Crippen molar-refractivity contribution in [3.63, 3.8) is 0 Å². The van der Waals surface area contributed by atoms with Crippen molar-refractivity contribution in [3.8, 4) is 5.75 Å². The highest BCUT2D eigenvalue weighted by Crippen LogP contribution is 2.14. The van der Waals surface area contributed by atoms with Crippen LogP contribution in [0.2, 0.25) is 0 Å². The summed E-state index contributed by atoms with van der Waals surface area (Å²) >= 11 is 0. The quantitative estimate of drug-likeness (QED) is 0.785. The highest BCUT2D eigenvalue weighted by molar-refractivity contribution is 5.44. The van der Waals surface area contributed by atoms with Crippen LogP contribution >= 0.6 is 0 Å². The third-order valence-electron chi connectivity index (χ3n) is 2.84. The monoisotopic (exact) mass is 275 g/mol. The van der Waals surface area contributed by atoms with Crippen LogP contribution in [-0.4, -0.2) is 20.3 Å². The first-order valence-electron chi connectivity index (χ1n) is 6.48. The number of ether oxygens (including phenoxy) is 2. The third-order valence-corrected chi connectivity index (χ3v) is 2.84. The summed E-state index contributed by atoms with van der Waals surface area (Å²) in [5.74, 6) is 0.566. The Balaban J connectivity index is 1.70. The number of rotatable bonds is 7. The van der Waals surface area contributed by atoms with Crippen molar-refractivity contribution >= 4 is 5.69 Å². The Morgan fingerprint density at radius 2 is 1.95 bits per heavy atom. The van der Waals surface area contributed by atoms with Gasteiger partial charge in [-0.25, -0.2) is 4.39 Å². The second-order valence-corrected chi connectivity index (χ2v) is 4.31. The molecular weight excluding hydrogens is 257 g/mol. The zero-order chi connectivity index (χ0) is 14.2. The SMILES string of the molecule is COc1cccc(COCCNc2ccccc2F)c1. The minimum Gasteiger partial charge on any atom is -0.497 e. The van der Waals surface area contributed by atoms with Crippen molar-refractivity contribution < 1.29 is 13.9 Å². The second kappa shape index (κ2) is 7.50. The Morgan fingerprint density at radius 3 is 2.75 bits per heavy atom. The van der Waals surface area contributed by atoms with Crippen LogP contribution < -0.4 is 10.1 Å². The maximum atomic E-state index is 13.3. The summed E-state index contributed by atoms with van der Waals surface area (Å²) in [6.07, 6.45) is 0. The molecule has 2 aromatic rings. The Kier molecular flexibility index (Phi) is 5.38. The van der Waals surface area contributed by atoms with Crippen LogP contribution in [0.15, 0.2) is 48.5 Å². The smallest absolute Gasteiger partial charge is 0.146 e. The van der Waals surface area contributed by atoms with Crippen molar-refractivity contribution in [3.05, 3.63) is 59.9 Å². The number of para-hydroxylation sites is 1.